The number of ether oxygens (including phenoxy) is 4. The molecule has 2 aromatic carbocycles. The summed E-state index contributed by atoms with van der Waals surface area (Å²) in [5, 5.41) is 3.31. The predicted molar refractivity (Wildman–Crippen MR) is 109 cm³/mol. The summed E-state index contributed by atoms with van der Waals surface area (Å²) in [6.07, 6.45) is 0.0000671. The summed E-state index contributed by atoms with van der Waals surface area (Å²) in [7, 11) is 5.81. The third-order valence-electron chi connectivity index (χ3n) is 4.30. The lowest BCUT2D eigenvalue weighted by molar-refractivity contribution is -0.141. The van der Waals surface area contributed by atoms with E-state index in [9.17, 15) is 9.59 Å². The fourth-order valence-corrected chi connectivity index (χ4v) is 3.18. The van der Waals surface area contributed by atoms with Crippen LogP contribution in [0.3, 0.4) is 0 Å². The van der Waals surface area contributed by atoms with Crippen molar-refractivity contribution >= 4 is 23.5 Å². The van der Waals surface area contributed by atoms with Crippen LogP contribution in [0.2, 0.25) is 5.02 Å². The van der Waals surface area contributed by atoms with Crippen LogP contribution in [0.15, 0.2) is 36.4 Å². The predicted octanol–water partition coefficient (Wildman–Crippen LogP) is 3.33. The number of halogens is 1. The highest BCUT2D eigenvalue weighted by molar-refractivity contribution is 6.31. The molecular weight excluding hydrogens is 398 g/mol. The molecule has 0 bridgehead atoms. The topological polar surface area (TPSA) is 83.1 Å². The number of esters is 1. The van der Waals surface area contributed by atoms with Gasteiger partial charge < -0.3 is 24.3 Å². The SMILES string of the molecule is COC(=O)CC(NC(=O)Cc1cc(OC)c(OC)c(OC)c1)c1ccccc1Cl. The molecule has 29 heavy (non-hydrogen) atoms. The molecule has 0 fully saturated rings. The van der Waals surface area contributed by atoms with Gasteiger partial charge >= 0.3 is 5.97 Å². The second-order valence-corrected chi connectivity index (χ2v) is 6.54. The summed E-state index contributed by atoms with van der Waals surface area (Å²) < 4.78 is 20.7. The Morgan fingerprint density at radius 1 is 1.00 bits per heavy atom. The minimum Gasteiger partial charge on any atom is -0.493 e. The van der Waals surface area contributed by atoms with Gasteiger partial charge in [0.15, 0.2) is 11.5 Å². The average molecular weight is 422 g/mol. The third-order valence-corrected chi connectivity index (χ3v) is 4.65. The minimum atomic E-state index is -0.620. The summed E-state index contributed by atoms with van der Waals surface area (Å²) in [6, 6.07) is 9.81. The van der Waals surface area contributed by atoms with E-state index < -0.39 is 12.0 Å². The molecule has 0 aliphatic carbocycles. The van der Waals surface area contributed by atoms with Gasteiger partial charge in [0.1, 0.15) is 0 Å². The van der Waals surface area contributed by atoms with E-state index in [-0.39, 0.29) is 18.7 Å². The van der Waals surface area contributed by atoms with E-state index in [1.165, 1.54) is 28.4 Å². The van der Waals surface area contributed by atoms with Crippen LogP contribution in [-0.2, 0) is 20.7 Å². The van der Waals surface area contributed by atoms with Gasteiger partial charge in [0.05, 0.1) is 47.3 Å². The third kappa shape index (κ3) is 5.77. The first-order valence-corrected chi connectivity index (χ1v) is 9.20. The van der Waals surface area contributed by atoms with Gasteiger partial charge in [0.25, 0.3) is 0 Å². The van der Waals surface area contributed by atoms with Crippen molar-refractivity contribution in [3.05, 3.63) is 52.5 Å². The van der Waals surface area contributed by atoms with Crippen molar-refractivity contribution in [1.82, 2.24) is 5.32 Å². The molecule has 0 spiro atoms. The smallest absolute Gasteiger partial charge is 0.307 e. The molecule has 0 aliphatic heterocycles. The Hall–Kier alpha value is -2.93. The average Bonchev–Trinajstić information content (AvgIpc) is 2.72. The first-order valence-electron chi connectivity index (χ1n) is 8.83. The number of benzene rings is 2. The summed E-state index contributed by atoms with van der Waals surface area (Å²) in [6.45, 7) is 0. The molecule has 1 unspecified atom stereocenters. The second kappa shape index (κ2) is 10.6. The van der Waals surface area contributed by atoms with Crippen molar-refractivity contribution in [2.75, 3.05) is 28.4 Å². The van der Waals surface area contributed by atoms with Crippen molar-refractivity contribution in [2.45, 2.75) is 18.9 Å². The summed E-state index contributed by atoms with van der Waals surface area (Å²) in [5.74, 6) is 0.591. The Labute approximate surface area is 174 Å². The van der Waals surface area contributed by atoms with E-state index in [1.54, 1.807) is 36.4 Å². The zero-order chi connectivity index (χ0) is 21.4. The van der Waals surface area contributed by atoms with Crippen molar-refractivity contribution in [3.63, 3.8) is 0 Å². The zero-order valence-corrected chi connectivity index (χ0v) is 17.5. The second-order valence-electron chi connectivity index (χ2n) is 6.13. The number of hydrogen-bond acceptors (Lipinski definition) is 6. The lowest BCUT2D eigenvalue weighted by Crippen LogP contribution is -2.31. The first kappa shape index (κ1) is 22.4. The summed E-state index contributed by atoms with van der Waals surface area (Å²) in [4.78, 5) is 24.5. The van der Waals surface area contributed by atoms with Crippen LogP contribution in [0.5, 0.6) is 17.2 Å². The zero-order valence-electron chi connectivity index (χ0n) is 16.8. The molecule has 0 aliphatic rings. The molecule has 0 heterocycles. The molecule has 2 aromatic rings. The molecule has 0 saturated heterocycles. The quantitative estimate of drug-likeness (QED) is 0.625. The maximum Gasteiger partial charge on any atom is 0.307 e. The fourth-order valence-electron chi connectivity index (χ4n) is 2.91. The van der Waals surface area contributed by atoms with Crippen LogP contribution in [0.25, 0.3) is 0 Å². The van der Waals surface area contributed by atoms with Gasteiger partial charge in [0, 0.05) is 5.02 Å². The standard InChI is InChI=1S/C21H24ClNO6/c1-26-17-9-13(10-18(27-2)21(17)29-4)11-19(24)23-16(12-20(25)28-3)14-7-5-6-8-15(14)22/h5-10,16H,11-12H2,1-4H3,(H,23,24). The van der Waals surface area contributed by atoms with Crippen LogP contribution >= 0.6 is 11.6 Å². The van der Waals surface area contributed by atoms with Crippen LogP contribution in [0, 0.1) is 0 Å². The highest BCUT2D eigenvalue weighted by atomic mass is 35.5. The van der Waals surface area contributed by atoms with Crippen LogP contribution in [0.1, 0.15) is 23.6 Å². The van der Waals surface area contributed by atoms with E-state index in [0.29, 0.717) is 33.4 Å². The van der Waals surface area contributed by atoms with Crippen molar-refractivity contribution in [3.8, 4) is 17.2 Å². The number of amides is 1. The number of carbonyl (C=O) groups is 2. The van der Waals surface area contributed by atoms with E-state index in [2.05, 4.69) is 5.32 Å². The molecular formula is C21H24ClNO6. The van der Waals surface area contributed by atoms with Gasteiger partial charge in [-0.2, -0.15) is 0 Å². The monoisotopic (exact) mass is 421 g/mol. The van der Waals surface area contributed by atoms with Gasteiger partial charge in [-0.3, -0.25) is 9.59 Å². The van der Waals surface area contributed by atoms with E-state index in [4.69, 9.17) is 30.5 Å². The first-order chi connectivity index (χ1) is 13.9. The van der Waals surface area contributed by atoms with Gasteiger partial charge in [-0.25, -0.2) is 0 Å². The number of rotatable bonds is 9. The molecule has 0 radical (unpaired) electrons. The van der Waals surface area contributed by atoms with Gasteiger partial charge in [0.2, 0.25) is 11.7 Å². The van der Waals surface area contributed by atoms with Gasteiger partial charge in [-0.1, -0.05) is 29.8 Å². The summed E-state index contributed by atoms with van der Waals surface area (Å²) in [5.41, 5.74) is 1.30. The van der Waals surface area contributed by atoms with Crippen LogP contribution in [-0.4, -0.2) is 40.3 Å². The maximum absolute atomic E-state index is 12.7. The molecule has 7 nitrogen and oxygen atoms in total. The molecule has 1 N–H and O–H groups in total. The van der Waals surface area contributed by atoms with E-state index >= 15 is 0 Å². The molecule has 0 saturated carbocycles. The van der Waals surface area contributed by atoms with E-state index in [0.717, 1.165) is 0 Å². The summed E-state index contributed by atoms with van der Waals surface area (Å²) >= 11 is 6.25. The molecule has 2 rings (SSSR count). The number of hydrogen-bond donors (Lipinski definition) is 1. The van der Waals surface area contributed by atoms with Crippen molar-refractivity contribution in [1.29, 1.82) is 0 Å². The Morgan fingerprint density at radius 3 is 2.14 bits per heavy atom. The highest BCUT2D eigenvalue weighted by Gasteiger charge is 2.22. The van der Waals surface area contributed by atoms with Crippen LogP contribution in [0.4, 0.5) is 0 Å². The van der Waals surface area contributed by atoms with Gasteiger partial charge in [-0.15, -0.1) is 0 Å². The fraction of sp³-hybridized carbons (Fsp3) is 0.333. The molecule has 1 atom stereocenters. The van der Waals surface area contributed by atoms with E-state index in [1.807, 2.05) is 0 Å². The minimum absolute atomic E-state index is 0.0404. The van der Waals surface area contributed by atoms with Crippen molar-refractivity contribution in [2.24, 2.45) is 0 Å². The maximum atomic E-state index is 12.7. The van der Waals surface area contributed by atoms with Gasteiger partial charge in [-0.05, 0) is 29.3 Å². The van der Waals surface area contributed by atoms with Crippen LogP contribution < -0.4 is 19.5 Å². The lowest BCUT2D eigenvalue weighted by Gasteiger charge is -2.20. The number of methoxy groups -OCH3 is 4. The molecule has 0 aromatic heterocycles. The Morgan fingerprint density at radius 2 is 1.62 bits per heavy atom. The Bertz CT molecular complexity index is 845. The normalized spacial score (nSPS) is 11.3. The van der Waals surface area contributed by atoms with Crippen molar-refractivity contribution < 1.29 is 28.5 Å². The number of nitrogens with one attached hydrogen (secondary N) is 1. The molecule has 1 amide bonds. The lowest BCUT2D eigenvalue weighted by atomic mass is 10.0. The Kier molecular flexibility index (Phi) is 8.15. The highest BCUT2D eigenvalue weighted by Crippen LogP contribution is 2.38. The molecule has 156 valence electrons. The largest absolute Gasteiger partial charge is 0.493 e. The molecule has 8 heteroatoms. The number of carbonyl (C=O) groups excluding carboxylic acids is 2. The Balaban J connectivity index is 2.24.